The highest BCUT2D eigenvalue weighted by Crippen LogP contribution is 2.34. The van der Waals surface area contributed by atoms with Crippen LogP contribution in [0.1, 0.15) is 32.4 Å². The molecule has 1 aromatic rings. The lowest BCUT2D eigenvalue weighted by molar-refractivity contribution is 0.0515. The maximum Gasteiger partial charge on any atom is 0.160 e. The zero-order valence-corrected chi connectivity index (χ0v) is 12.2. The van der Waals surface area contributed by atoms with Gasteiger partial charge in [-0.1, -0.05) is 6.07 Å². The molecule has 1 aliphatic heterocycles. The molecule has 0 saturated carbocycles. The molecule has 0 radical (unpaired) electrons. The molecule has 1 unspecified atom stereocenters. The van der Waals surface area contributed by atoms with Gasteiger partial charge in [-0.2, -0.15) is 0 Å². The van der Waals surface area contributed by atoms with Crippen molar-refractivity contribution in [1.29, 1.82) is 0 Å². The first kappa shape index (κ1) is 14.2. The van der Waals surface area contributed by atoms with E-state index in [-0.39, 0.29) is 11.3 Å². The smallest absolute Gasteiger partial charge is 0.160 e. The minimum Gasteiger partial charge on any atom is -0.504 e. The van der Waals surface area contributed by atoms with Gasteiger partial charge >= 0.3 is 0 Å². The fourth-order valence-corrected chi connectivity index (χ4v) is 2.85. The van der Waals surface area contributed by atoms with Gasteiger partial charge in [-0.05, 0) is 38.5 Å². The number of piperazine rings is 1. The van der Waals surface area contributed by atoms with E-state index in [9.17, 15) is 5.11 Å². The maximum atomic E-state index is 9.68. The van der Waals surface area contributed by atoms with Crippen LogP contribution in [0.25, 0.3) is 0 Å². The van der Waals surface area contributed by atoms with E-state index >= 15 is 0 Å². The van der Waals surface area contributed by atoms with Gasteiger partial charge in [0.2, 0.25) is 0 Å². The molecule has 4 nitrogen and oxygen atoms in total. The van der Waals surface area contributed by atoms with Crippen molar-refractivity contribution in [2.75, 3.05) is 26.7 Å². The third-order valence-electron chi connectivity index (χ3n) is 4.02. The van der Waals surface area contributed by atoms with Crippen molar-refractivity contribution in [3.63, 3.8) is 0 Å². The molecule has 1 saturated heterocycles. The average Bonchev–Trinajstić information content (AvgIpc) is 2.38. The zero-order valence-electron chi connectivity index (χ0n) is 12.2. The van der Waals surface area contributed by atoms with Crippen LogP contribution in [-0.4, -0.2) is 42.3 Å². The van der Waals surface area contributed by atoms with E-state index in [2.05, 4.69) is 31.0 Å². The molecule has 2 N–H and O–H groups in total. The van der Waals surface area contributed by atoms with Crippen LogP contribution < -0.4 is 10.1 Å². The summed E-state index contributed by atoms with van der Waals surface area (Å²) in [6.45, 7) is 9.76. The van der Waals surface area contributed by atoms with Crippen molar-refractivity contribution in [2.45, 2.75) is 32.4 Å². The van der Waals surface area contributed by atoms with Gasteiger partial charge in [0.25, 0.3) is 0 Å². The lowest BCUT2D eigenvalue weighted by Gasteiger charge is -2.46. The van der Waals surface area contributed by atoms with E-state index in [1.165, 1.54) is 5.56 Å². The van der Waals surface area contributed by atoms with E-state index in [1.807, 2.05) is 12.1 Å². The molecule has 1 atom stereocenters. The SMILES string of the molecule is COc1cc(C(C)N2CCNCC2(C)C)ccc1O. The Hall–Kier alpha value is -1.26. The second-order valence-electron chi connectivity index (χ2n) is 5.79. The first-order chi connectivity index (χ1) is 8.95. The van der Waals surface area contributed by atoms with Crippen molar-refractivity contribution in [3.05, 3.63) is 23.8 Å². The highest BCUT2D eigenvalue weighted by atomic mass is 16.5. The lowest BCUT2D eigenvalue weighted by atomic mass is 9.95. The Morgan fingerprint density at radius 2 is 2.16 bits per heavy atom. The third kappa shape index (κ3) is 2.85. The highest BCUT2D eigenvalue weighted by Gasteiger charge is 2.33. The number of hydrogen-bond donors (Lipinski definition) is 2. The van der Waals surface area contributed by atoms with Crippen LogP contribution in [0.15, 0.2) is 18.2 Å². The summed E-state index contributed by atoms with van der Waals surface area (Å²) in [5, 5.41) is 13.1. The Balaban J connectivity index is 2.25. The number of phenolic OH excluding ortho intramolecular Hbond substituents is 1. The van der Waals surface area contributed by atoms with E-state index in [0.717, 1.165) is 19.6 Å². The van der Waals surface area contributed by atoms with Crippen LogP contribution in [-0.2, 0) is 0 Å². The standard InChI is InChI=1S/C15H24N2O2/c1-11(17-8-7-16-10-15(17,2)3)12-5-6-13(18)14(9-12)19-4/h5-6,9,11,16,18H,7-8,10H2,1-4H3. The highest BCUT2D eigenvalue weighted by molar-refractivity contribution is 5.42. The molecule has 0 aromatic heterocycles. The molecule has 1 aliphatic rings. The Kier molecular flexibility index (Phi) is 4.02. The summed E-state index contributed by atoms with van der Waals surface area (Å²) in [6.07, 6.45) is 0. The summed E-state index contributed by atoms with van der Waals surface area (Å²) >= 11 is 0. The van der Waals surface area contributed by atoms with Crippen LogP contribution in [0.4, 0.5) is 0 Å². The number of aromatic hydroxyl groups is 1. The summed E-state index contributed by atoms with van der Waals surface area (Å²) in [7, 11) is 1.58. The normalized spacial score (nSPS) is 21.1. The second-order valence-corrected chi connectivity index (χ2v) is 5.79. The molecule has 1 aromatic carbocycles. The van der Waals surface area contributed by atoms with Gasteiger partial charge in [0.1, 0.15) is 0 Å². The van der Waals surface area contributed by atoms with Crippen molar-refractivity contribution in [1.82, 2.24) is 10.2 Å². The van der Waals surface area contributed by atoms with Crippen molar-refractivity contribution < 1.29 is 9.84 Å². The monoisotopic (exact) mass is 264 g/mol. The van der Waals surface area contributed by atoms with Gasteiger partial charge in [0, 0.05) is 31.2 Å². The minimum absolute atomic E-state index is 0.128. The van der Waals surface area contributed by atoms with Gasteiger partial charge in [0.15, 0.2) is 11.5 Å². The molecule has 0 amide bonds. The fourth-order valence-electron chi connectivity index (χ4n) is 2.85. The zero-order chi connectivity index (χ0) is 14.0. The number of phenols is 1. The van der Waals surface area contributed by atoms with Gasteiger partial charge in [0.05, 0.1) is 7.11 Å². The molecule has 0 bridgehead atoms. The molecule has 19 heavy (non-hydrogen) atoms. The van der Waals surface area contributed by atoms with E-state index in [0.29, 0.717) is 11.8 Å². The summed E-state index contributed by atoms with van der Waals surface area (Å²) in [6, 6.07) is 5.91. The first-order valence-electron chi connectivity index (χ1n) is 6.80. The number of rotatable bonds is 3. The molecule has 2 rings (SSSR count). The number of ether oxygens (including phenoxy) is 1. The van der Waals surface area contributed by atoms with Crippen LogP contribution in [0, 0.1) is 0 Å². The number of hydrogen-bond acceptors (Lipinski definition) is 4. The molecule has 1 heterocycles. The molecular formula is C15H24N2O2. The largest absolute Gasteiger partial charge is 0.504 e. The fraction of sp³-hybridized carbons (Fsp3) is 0.600. The molecule has 0 spiro atoms. The molecular weight excluding hydrogens is 240 g/mol. The molecule has 0 aliphatic carbocycles. The van der Waals surface area contributed by atoms with Crippen LogP contribution >= 0.6 is 0 Å². The van der Waals surface area contributed by atoms with Crippen LogP contribution in [0.5, 0.6) is 11.5 Å². The number of methoxy groups -OCH3 is 1. The molecule has 4 heteroatoms. The van der Waals surface area contributed by atoms with Crippen molar-refractivity contribution in [2.24, 2.45) is 0 Å². The maximum absolute atomic E-state index is 9.68. The predicted octanol–water partition coefficient (Wildman–Crippen LogP) is 2.15. The van der Waals surface area contributed by atoms with E-state index in [4.69, 9.17) is 4.74 Å². The summed E-state index contributed by atoms with van der Waals surface area (Å²) in [5.74, 6) is 0.732. The Labute approximate surface area is 115 Å². The predicted molar refractivity (Wildman–Crippen MR) is 76.7 cm³/mol. The Morgan fingerprint density at radius 3 is 2.79 bits per heavy atom. The Bertz CT molecular complexity index is 446. The quantitative estimate of drug-likeness (QED) is 0.878. The lowest BCUT2D eigenvalue weighted by Crippen LogP contribution is -2.58. The van der Waals surface area contributed by atoms with E-state index in [1.54, 1.807) is 13.2 Å². The average molecular weight is 264 g/mol. The second kappa shape index (κ2) is 5.39. The minimum atomic E-state index is 0.128. The topological polar surface area (TPSA) is 44.7 Å². The number of benzene rings is 1. The third-order valence-corrected chi connectivity index (χ3v) is 4.02. The molecule has 1 fully saturated rings. The number of nitrogens with zero attached hydrogens (tertiary/aromatic N) is 1. The summed E-state index contributed by atoms with van der Waals surface area (Å²) in [4.78, 5) is 2.50. The summed E-state index contributed by atoms with van der Waals surface area (Å²) in [5.41, 5.74) is 1.30. The molecule has 106 valence electrons. The number of nitrogens with one attached hydrogen (secondary N) is 1. The van der Waals surface area contributed by atoms with Gasteiger partial charge in [-0.15, -0.1) is 0 Å². The Morgan fingerprint density at radius 1 is 1.42 bits per heavy atom. The summed E-state index contributed by atoms with van der Waals surface area (Å²) < 4.78 is 5.19. The van der Waals surface area contributed by atoms with Gasteiger partial charge in [-0.3, -0.25) is 4.90 Å². The first-order valence-corrected chi connectivity index (χ1v) is 6.80. The van der Waals surface area contributed by atoms with Crippen molar-refractivity contribution >= 4 is 0 Å². The van der Waals surface area contributed by atoms with Crippen molar-refractivity contribution in [3.8, 4) is 11.5 Å². The van der Waals surface area contributed by atoms with Crippen LogP contribution in [0.2, 0.25) is 0 Å². The van der Waals surface area contributed by atoms with Gasteiger partial charge < -0.3 is 15.2 Å². The van der Waals surface area contributed by atoms with E-state index < -0.39 is 0 Å². The van der Waals surface area contributed by atoms with Crippen LogP contribution in [0.3, 0.4) is 0 Å². The van der Waals surface area contributed by atoms with Gasteiger partial charge in [-0.25, -0.2) is 0 Å².